The van der Waals surface area contributed by atoms with Gasteiger partial charge >= 0.3 is 6.09 Å². The smallest absolute Gasteiger partial charge is 0.410 e. The topological polar surface area (TPSA) is 106 Å². The van der Waals surface area contributed by atoms with Crippen molar-refractivity contribution in [3.05, 3.63) is 53.1 Å². The van der Waals surface area contributed by atoms with Crippen molar-refractivity contribution >= 4 is 17.8 Å². The third kappa shape index (κ3) is 5.16. The molecule has 0 unspecified atom stereocenters. The molecule has 2 amide bonds. The van der Waals surface area contributed by atoms with E-state index >= 15 is 0 Å². The molecule has 4 heterocycles. The summed E-state index contributed by atoms with van der Waals surface area (Å²) >= 11 is 0. The maximum absolute atomic E-state index is 13.4. The number of carbonyl (C=O) groups excluding carboxylic acids is 2. The van der Waals surface area contributed by atoms with Crippen molar-refractivity contribution in [3.63, 3.8) is 0 Å². The molecule has 35 heavy (non-hydrogen) atoms. The Labute approximate surface area is 205 Å². The van der Waals surface area contributed by atoms with Crippen molar-refractivity contribution in [1.29, 1.82) is 0 Å². The van der Waals surface area contributed by atoms with Crippen LogP contribution in [-0.2, 0) is 24.4 Å². The molecule has 10 heteroatoms. The third-order valence-electron chi connectivity index (χ3n) is 5.54. The van der Waals surface area contributed by atoms with Crippen molar-refractivity contribution in [1.82, 2.24) is 29.6 Å². The number of hydrogen-bond acceptors (Lipinski definition) is 7. The molecule has 10 nitrogen and oxygen atoms in total. The van der Waals surface area contributed by atoms with E-state index in [0.29, 0.717) is 40.8 Å². The molecule has 0 saturated heterocycles. The lowest BCUT2D eigenvalue weighted by Gasteiger charge is -2.25. The van der Waals surface area contributed by atoms with Crippen LogP contribution in [0.3, 0.4) is 0 Å². The minimum atomic E-state index is -0.599. The molecular formula is C25H31N7O3. The van der Waals surface area contributed by atoms with E-state index in [-0.39, 0.29) is 12.5 Å². The molecular weight excluding hydrogens is 446 g/mol. The minimum absolute atomic E-state index is 0.147. The number of aromatic nitrogens is 5. The summed E-state index contributed by atoms with van der Waals surface area (Å²) in [5.41, 5.74) is 2.79. The van der Waals surface area contributed by atoms with Gasteiger partial charge in [0.2, 0.25) is 0 Å². The van der Waals surface area contributed by atoms with Crippen molar-refractivity contribution in [3.8, 4) is 11.5 Å². The van der Waals surface area contributed by atoms with E-state index in [4.69, 9.17) is 9.72 Å². The lowest BCUT2D eigenvalue weighted by Crippen LogP contribution is -2.34. The molecule has 3 aromatic heterocycles. The molecule has 0 aliphatic carbocycles. The van der Waals surface area contributed by atoms with Gasteiger partial charge in [0.05, 0.1) is 18.8 Å². The Kier molecular flexibility index (Phi) is 6.56. The zero-order valence-corrected chi connectivity index (χ0v) is 21.1. The van der Waals surface area contributed by atoms with E-state index < -0.39 is 11.7 Å². The predicted molar refractivity (Wildman–Crippen MR) is 131 cm³/mol. The number of carbonyl (C=O) groups is 2. The second-order valence-corrected chi connectivity index (χ2v) is 9.69. The molecule has 4 rings (SSSR count). The van der Waals surface area contributed by atoms with Crippen LogP contribution >= 0.6 is 0 Å². The second-order valence-electron chi connectivity index (χ2n) is 9.69. The van der Waals surface area contributed by atoms with Gasteiger partial charge in [0.1, 0.15) is 23.4 Å². The van der Waals surface area contributed by atoms with Crippen LogP contribution in [0.15, 0.2) is 30.6 Å². The molecule has 0 atom stereocenters. The highest BCUT2D eigenvalue weighted by Gasteiger charge is 2.33. The number of hydrogen-bond donors (Lipinski definition) is 0. The van der Waals surface area contributed by atoms with E-state index in [9.17, 15) is 9.59 Å². The first kappa shape index (κ1) is 24.3. The normalized spacial score (nSPS) is 13.2. The maximum Gasteiger partial charge on any atom is 0.410 e. The maximum atomic E-state index is 13.4. The average molecular weight is 478 g/mol. The highest BCUT2D eigenvalue weighted by Crippen LogP contribution is 2.31. The largest absolute Gasteiger partial charge is 0.444 e. The number of fused-ring (bicyclic) bond motifs is 1. The van der Waals surface area contributed by atoms with Crippen molar-refractivity contribution in [2.45, 2.75) is 66.3 Å². The number of ether oxygens (including phenoxy) is 1. The molecule has 0 N–H and O–H groups in total. The molecule has 0 fully saturated rings. The van der Waals surface area contributed by atoms with Crippen molar-refractivity contribution in [2.75, 3.05) is 11.9 Å². The molecule has 0 radical (unpaired) electrons. The number of nitrogens with zero attached hydrogens (tertiary/aromatic N) is 7. The van der Waals surface area contributed by atoms with Crippen LogP contribution in [0.4, 0.5) is 10.6 Å². The van der Waals surface area contributed by atoms with Gasteiger partial charge in [0.15, 0.2) is 5.82 Å². The third-order valence-corrected chi connectivity index (χ3v) is 5.54. The SMILES string of the molecule is CCCn1cnnc1-c1cccc(N2Cc3c(cc(C)nc3CN(C)C(=O)OC(C)(C)C)C2=O)n1. The fraction of sp³-hybridized carbons (Fsp3) is 0.440. The fourth-order valence-corrected chi connectivity index (χ4v) is 4.01. The van der Waals surface area contributed by atoms with Gasteiger partial charge in [-0.15, -0.1) is 10.2 Å². The molecule has 1 aliphatic rings. The number of amides is 2. The van der Waals surface area contributed by atoms with E-state index in [2.05, 4.69) is 22.1 Å². The van der Waals surface area contributed by atoms with Crippen LogP contribution in [-0.4, -0.2) is 54.3 Å². The van der Waals surface area contributed by atoms with E-state index in [1.807, 2.05) is 44.4 Å². The van der Waals surface area contributed by atoms with E-state index in [1.54, 1.807) is 30.4 Å². The molecule has 3 aromatic rings. The lowest BCUT2D eigenvalue weighted by molar-refractivity contribution is 0.0282. The Bertz CT molecular complexity index is 1260. The summed E-state index contributed by atoms with van der Waals surface area (Å²) in [7, 11) is 1.66. The van der Waals surface area contributed by atoms with Gasteiger partial charge < -0.3 is 14.2 Å². The van der Waals surface area contributed by atoms with Gasteiger partial charge in [0, 0.05) is 30.4 Å². The van der Waals surface area contributed by atoms with Crippen molar-refractivity contribution in [2.24, 2.45) is 0 Å². The van der Waals surface area contributed by atoms with Gasteiger partial charge in [0.25, 0.3) is 5.91 Å². The molecule has 184 valence electrons. The van der Waals surface area contributed by atoms with Crippen LogP contribution in [0, 0.1) is 6.92 Å². The second kappa shape index (κ2) is 9.44. The van der Waals surface area contributed by atoms with E-state index in [1.165, 1.54) is 4.90 Å². The number of rotatable bonds is 6. The summed E-state index contributed by atoms with van der Waals surface area (Å²) < 4.78 is 7.42. The quantitative estimate of drug-likeness (QED) is 0.528. The zero-order chi connectivity index (χ0) is 25.3. The van der Waals surface area contributed by atoms with Crippen LogP contribution in [0.1, 0.15) is 61.4 Å². The van der Waals surface area contributed by atoms with Crippen LogP contribution < -0.4 is 4.90 Å². The summed E-state index contributed by atoms with van der Waals surface area (Å²) in [6, 6.07) is 7.32. The molecule has 0 saturated carbocycles. The van der Waals surface area contributed by atoms with Gasteiger partial charge in [-0.1, -0.05) is 13.0 Å². The van der Waals surface area contributed by atoms with Gasteiger partial charge in [-0.2, -0.15) is 0 Å². The van der Waals surface area contributed by atoms with Crippen LogP contribution in [0.25, 0.3) is 11.5 Å². The van der Waals surface area contributed by atoms with Gasteiger partial charge in [-0.05, 0) is 52.3 Å². The Morgan fingerprint density at radius 2 is 2.00 bits per heavy atom. The first-order valence-corrected chi connectivity index (χ1v) is 11.7. The first-order valence-electron chi connectivity index (χ1n) is 11.7. The minimum Gasteiger partial charge on any atom is -0.444 e. The predicted octanol–water partition coefficient (Wildman–Crippen LogP) is 3.98. The summed E-state index contributed by atoms with van der Waals surface area (Å²) in [4.78, 5) is 38.4. The Morgan fingerprint density at radius 1 is 1.23 bits per heavy atom. The monoisotopic (exact) mass is 477 g/mol. The Balaban J connectivity index is 1.62. The number of anilines is 1. The average Bonchev–Trinajstić information content (AvgIpc) is 3.38. The highest BCUT2D eigenvalue weighted by atomic mass is 16.6. The van der Waals surface area contributed by atoms with E-state index in [0.717, 1.165) is 18.5 Å². The fourth-order valence-electron chi connectivity index (χ4n) is 4.01. The molecule has 0 spiro atoms. The van der Waals surface area contributed by atoms with Gasteiger partial charge in [-0.25, -0.2) is 9.78 Å². The molecule has 1 aliphatic heterocycles. The number of pyridine rings is 2. The standard InChI is InChI=1S/C25H31N7O3/c1-7-11-31-15-26-29-22(31)19-9-8-10-21(28-19)32-13-18-17(23(32)33)12-16(2)27-20(18)14-30(6)24(34)35-25(3,4)5/h8-10,12,15H,7,11,13-14H2,1-6H3. The molecule has 0 bridgehead atoms. The molecule has 0 aromatic carbocycles. The summed E-state index contributed by atoms with van der Waals surface area (Å²) in [6.45, 7) is 10.7. The number of aryl methyl sites for hydroxylation is 2. The summed E-state index contributed by atoms with van der Waals surface area (Å²) in [5.74, 6) is 1.04. The van der Waals surface area contributed by atoms with Crippen LogP contribution in [0.5, 0.6) is 0 Å². The lowest BCUT2D eigenvalue weighted by atomic mass is 10.1. The zero-order valence-electron chi connectivity index (χ0n) is 21.1. The Morgan fingerprint density at radius 3 is 2.71 bits per heavy atom. The Hall–Kier alpha value is -3.82. The summed E-state index contributed by atoms with van der Waals surface area (Å²) in [5, 5.41) is 8.24. The first-order chi connectivity index (χ1) is 16.6. The summed E-state index contributed by atoms with van der Waals surface area (Å²) in [6.07, 6.45) is 2.19. The highest BCUT2D eigenvalue weighted by molar-refractivity contribution is 6.09. The van der Waals surface area contributed by atoms with Gasteiger partial charge in [-0.3, -0.25) is 14.7 Å². The van der Waals surface area contributed by atoms with Crippen LogP contribution in [0.2, 0.25) is 0 Å². The van der Waals surface area contributed by atoms with Crippen molar-refractivity contribution < 1.29 is 14.3 Å².